The fourth-order valence-corrected chi connectivity index (χ4v) is 4.35. The predicted octanol–water partition coefficient (Wildman–Crippen LogP) is 3.29. The van der Waals surface area contributed by atoms with Gasteiger partial charge in [-0.2, -0.15) is 4.98 Å². The highest BCUT2D eigenvalue weighted by Gasteiger charge is 2.49. The van der Waals surface area contributed by atoms with Crippen molar-refractivity contribution in [3.05, 3.63) is 41.5 Å². The molecular formula is C22H24N4O3. The van der Waals surface area contributed by atoms with Gasteiger partial charge >= 0.3 is 0 Å². The second kappa shape index (κ2) is 6.40. The lowest BCUT2D eigenvalue weighted by molar-refractivity contribution is 0.356. The molecule has 1 aliphatic heterocycles. The van der Waals surface area contributed by atoms with Crippen LogP contribution in [0.2, 0.25) is 0 Å². The molecule has 7 heteroatoms. The van der Waals surface area contributed by atoms with Gasteiger partial charge in [0.2, 0.25) is 5.95 Å². The fraction of sp³-hybridized carbons (Fsp3) is 0.364. The molecule has 5 rings (SSSR count). The van der Waals surface area contributed by atoms with E-state index in [4.69, 9.17) is 24.9 Å². The van der Waals surface area contributed by atoms with Crippen LogP contribution in [0, 0.1) is 0 Å². The van der Waals surface area contributed by atoms with E-state index in [1.54, 1.807) is 21.3 Å². The SMILES string of the molecule is COc1ccc2c(c1)C1(CC1)CN(c1nc(N)c3cc(OC)c(OC)cc3n1)C2. The topological polar surface area (TPSA) is 82.7 Å². The Morgan fingerprint density at radius 3 is 2.41 bits per heavy atom. The quantitative estimate of drug-likeness (QED) is 0.729. The summed E-state index contributed by atoms with van der Waals surface area (Å²) < 4.78 is 16.3. The molecule has 2 heterocycles. The zero-order valence-corrected chi connectivity index (χ0v) is 16.9. The maximum atomic E-state index is 6.30. The van der Waals surface area contributed by atoms with Crippen molar-refractivity contribution in [3.63, 3.8) is 0 Å². The number of nitrogen functional groups attached to an aromatic ring is 1. The van der Waals surface area contributed by atoms with Crippen molar-refractivity contribution >= 4 is 22.7 Å². The predicted molar refractivity (Wildman–Crippen MR) is 112 cm³/mol. The lowest BCUT2D eigenvalue weighted by Gasteiger charge is -2.35. The molecule has 0 unspecified atom stereocenters. The minimum Gasteiger partial charge on any atom is -0.497 e. The molecule has 1 aliphatic carbocycles. The average molecular weight is 392 g/mol. The minimum atomic E-state index is 0.160. The maximum Gasteiger partial charge on any atom is 0.228 e. The number of nitrogens with two attached hydrogens (primary N) is 1. The summed E-state index contributed by atoms with van der Waals surface area (Å²) in [5, 5.41) is 0.759. The normalized spacial score (nSPS) is 16.6. The Bertz CT molecular complexity index is 1110. The van der Waals surface area contributed by atoms with Crippen LogP contribution in [-0.4, -0.2) is 37.8 Å². The molecule has 7 nitrogen and oxygen atoms in total. The number of ether oxygens (including phenoxy) is 3. The van der Waals surface area contributed by atoms with E-state index in [1.807, 2.05) is 18.2 Å². The van der Waals surface area contributed by atoms with Gasteiger partial charge < -0.3 is 24.8 Å². The molecule has 1 spiro atoms. The summed E-state index contributed by atoms with van der Waals surface area (Å²) in [4.78, 5) is 11.7. The Labute approximate surface area is 169 Å². The molecule has 0 radical (unpaired) electrons. The summed E-state index contributed by atoms with van der Waals surface area (Å²) >= 11 is 0. The molecule has 2 N–H and O–H groups in total. The summed E-state index contributed by atoms with van der Waals surface area (Å²) in [7, 11) is 4.93. The van der Waals surface area contributed by atoms with Gasteiger partial charge in [0.05, 0.1) is 26.8 Å². The van der Waals surface area contributed by atoms with Crippen molar-refractivity contribution in [2.24, 2.45) is 0 Å². The third kappa shape index (κ3) is 2.80. The van der Waals surface area contributed by atoms with Crippen molar-refractivity contribution in [2.45, 2.75) is 24.8 Å². The van der Waals surface area contributed by atoms with Crippen LogP contribution < -0.4 is 24.8 Å². The average Bonchev–Trinajstić information content (AvgIpc) is 3.52. The highest BCUT2D eigenvalue weighted by atomic mass is 16.5. The molecule has 0 amide bonds. The third-order valence-corrected chi connectivity index (χ3v) is 6.10. The number of nitrogens with zero attached hydrogens (tertiary/aromatic N) is 3. The van der Waals surface area contributed by atoms with Gasteiger partial charge in [-0.15, -0.1) is 0 Å². The second-order valence-corrected chi connectivity index (χ2v) is 7.79. The molecule has 2 aromatic carbocycles. The number of anilines is 2. The van der Waals surface area contributed by atoms with E-state index in [1.165, 1.54) is 11.1 Å². The molecule has 29 heavy (non-hydrogen) atoms. The van der Waals surface area contributed by atoms with Crippen LogP contribution in [0.5, 0.6) is 17.2 Å². The Balaban J connectivity index is 1.57. The summed E-state index contributed by atoms with van der Waals surface area (Å²) in [6.45, 7) is 1.63. The smallest absolute Gasteiger partial charge is 0.228 e. The van der Waals surface area contributed by atoms with E-state index in [0.29, 0.717) is 23.3 Å². The molecule has 3 aromatic rings. The molecule has 150 valence electrons. The van der Waals surface area contributed by atoms with Crippen LogP contribution in [0.4, 0.5) is 11.8 Å². The van der Waals surface area contributed by atoms with Gasteiger partial charge in [0.15, 0.2) is 11.5 Å². The van der Waals surface area contributed by atoms with Gasteiger partial charge in [0, 0.05) is 30.0 Å². The van der Waals surface area contributed by atoms with Crippen LogP contribution in [0.3, 0.4) is 0 Å². The molecule has 0 saturated heterocycles. The van der Waals surface area contributed by atoms with E-state index in [0.717, 1.165) is 42.6 Å². The van der Waals surface area contributed by atoms with Gasteiger partial charge in [-0.3, -0.25) is 0 Å². The molecular weight excluding hydrogens is 368 g/mol. The third-order valence-electron chi connectivity index (χ3n) is 6.10. The van der Waals surface area contributed by atoms with E-state index in [2.05, 4.69) is 22.0 Å². The number of fused-ring (bicyclic) bond motifs is 3. The van der Waals surface area contributed by atoms with Crippen LogP contribution in [-0.2, 0) is 12.0 Å². The van der Waals surface area contributed by atoms with E-state index in [-0.39, 0.29) is 5.41 Å². The first-order chi connectivity index (χ1) is 14.1. The fourth-order valence-electron chi connectivity index (χ4n) is 4.35. The zero-order valence-electron chi connectivity index (χ0n) is 16.9. The van der Waals surface area contributed by atoms with Gasteiger partial charge in [-0.1, -0.05) is 6.07 Å². The summed E-state index contributed by atoms with van der Waals surface area (Å²) in [5.41, 5.74) is 9.90. The van der Waals surface area contributed by atoms with Crippen molar-refractivity contribution in [3.8, 4) is 17.2 Å². The first-order valence-corrected chi connectivity index (χ1v) is 9.68. The van der Waals surface area contributed by atoms with Crippen LogP contribution in [0.1, 0.15) is 24.0 Å². The van der Waals surface area contributed by atoms with Crippen LogP contribution in [0.25, 0.3) is 10.9 Å². The van der Waals surface area contributed by atoms with Gasteiger partial charge in [0.1, 0.15) is 11.6 Å². The highest BCUT2D eigenvalue weighted by molar-refractivity contribution is 5.91. The number of methoxy groups -OCH3 is 3. The first kappa shape index (κ1) is 17.8. The monoisotopic (exact) mass is 392 g/mol. The van der Waals surface area contributed by atoms with Crippen molar-refractivity contribution in [1.29, 1.82) is 0 Å². The second-order valence-electron chi connectivity index (χ2n) is 7.79. The summed E-state index contributed by atoms with van der Waals surface area (Å²) in [5.74, 6) is 3.24. The summed E-state index contributed by atoms with van der Waals surface area (Å²) in [6.07, 6.45) is 2.33. The number of hydrogen-bond donors (Lipinski definition) is 1. The van der Waals surface area contributed by atoms with E-state index < -0.39 is 0 Å². The molecule has 1 aromatic heterocycles. The first-order valence-electron chi connectivity index (χ1n) is 9.68. The number of hydrogen-bond acceptors (Lipinski definition) is 7. The number of rotatable bonds is 4. The zero-order chi connectivity index (χ0) is 20.2. The van der Waals surface area contributed by atoms with Crippen molar-refractivity contribution < 1.29 is 14.2 Å². The highest BCUT2D eigenvalue weighted by Crippen LogP contribution is 2.53. The number of benzene rings is 2. The van der Waals surface area contributed by atoms with E-state index in [9.17, 15) is 0 Å². The van der Waals surface area contributed by atoms with Crippen molar-refractivity contribution in [1.82, 2.24) is 9.97 Å². The Morgan fingerprint density at radius 2 is 1.72 bits per heavy atom. The summed E-state index contributed by atoms with van der Waals surface area (Å²) in [6, 6.07) is 10.0. The molecule has 0 bridgehead atoms. The van der Waals surface area contributed by atoms with Gasteiger partial charge in [-0.25, -0.2) is 4.98 Å². The lowest BCUT2D eigenvalue weighted by atomic mass is 9.87. The lowest BCUT2D eigenvalue weighted by Crippen LogP contribution is -2.39. The molecule has 1 fully saturated rings. The maximum absolute atomic E-state index is 6.30. The largest absolute Gasteiger partial charge is 0.497 e. The van der Waals surface area contributed by atoms with Crippen molar-refractivity contribution in [2.75, 3.05) is 38.5 Å². The van der Waals surface area contributed by atoms with Crippen LogP contribution in [0.15, 0.2) is 30.3 Å². The molecule has 0 atom stereocenters. The van der Waals surface area contributed by atoms with E-state index >= 15 is 0 Å². The minimum absolute atomic E-state index is 0.160. The Hall–Kier alpha value is -3.22. The molecule has 2 aliphatic rings. The molecule has 1 saturated carbocycles. The van der Waals surface area contributed by atoms with Gasteiger partial charge in [0.25, 0.3) is 0 Å². The Morgan fingerprint density at radius 1 is 0.966 bits per heavy atom. The standard InChI is InChI=1S/C22H24N4O3/c1-27-14-5-4-13-11-26(12-22(6-7-22)16(13)8-14)21-24-17-10-19(29-3)18(28-2)9-15(17)20(23)25-21/h4-5,8-10H,6-7,11-12H2,1-3H3,(H2,23,24,25). The van der Waals surface area contributed by atoms with Crippen LogP contribution >= 0.6 is 0 Å². The Kier molecular flexibility index (Phi) is 3.94. The number of aromatic nitrogens is 2. The van der Waals surface area contributed by atoms with Gasteiger partial charge in [-0.05, 0) is 42.2 Å².